The van der Waals surface area contributed by atoms with Gasteiger partial charge in [0, 0.05) is 12.2 Å². The monoisotopic (exact) mass is 282 g/mol. The standard InChI is InChI=1S/C16H18N4O/c1-11(14-10-12-6-4-5-9-20(12)19-14)17-16-18-13-7-2-3-8-15(13)21-16/h2-3,7-8,10-11H,4-6,9H2,1H3,(H,17,18). The molecule has 0 amide bonds. The van der Waals surface area contributed by atoms with Gasteiger partial charge in [0.05, 0.1) is 11.7 Å². The molecule has 21 heavy (non-hydrogen) atoms. The van der Waals surface area contributed by atoms with Crippen LogP contribution in [0.1, 0.15) is 37.2 Å². The number of nitrogens with zero attached hydrogens (tertiary/aromatic N) is 3. The highest BCUT2D eigenvalue weighted by atomic mass is 16.4. The maximum Gasteiger partial charge on any atom is 0.296 e. The van der Waals surface area contributed by atoms with Crippen LogP contribution in [0, 0.1) is 0 Å². The van der Waals surface area contributed by atoms with Crippen LogP contribution >= 0.6 is 0 Å². The molecule has 1 N–H and O–H groups in total. The summed E-state index contributed by atoms with van der Waals surface area (Å²) in [6.45, 7) is 3.12. The number of benzene rings is 1. The van der Waals surface area contributed by atoms with Gasteiger partial charge in [-0.25, -0.2) is 0 Å². The Morgan fingerprint density at radius 1 is 1.29 bits per heavy atom. The second kappa shape index (κ2) is 4.91. The number of anilines is 1. The van der Waals surface area contributed by atoms with Crippen molar-refractivity contribution in [3.8, 4) is 0 Å². The molecule has 0 aliphatic carbocycles. The summed E-state index contributed by atoms with van der Waals surface area (Å²) in [7, 11) is 0. The Labute approximate surface area is 123 Å². The van der Waals surface area contributed by atoms with E-state index in [1.54, 1.807) is 0 Å². The van der Waals surface area contributed by atoms with Crippen LogP contribution in [0.15, 0.2) is 34.7 Å². The summed E-state index contributed by atoms with van der Waals surface area (Å²) in [4.78, 5) is 4.45. The quantitative estimate of drug-likeness (QED) is 0.798. The third-order valence-corrected chi connectivity index (χ3v) is 4.01. The first kappa shape index (κ1) is 12.4. The first-order chi connectivity index (χ1) is 10.3. The van der Waals surface area contributed by atoms with Gasteiger partial charge in [-0.15, -0.1) is 0 Å². The zero-order valence-electron chi connectivity index (χ0n) is 12.0. The van der Waals surface area contributed by atoms with E-state index in [0.717, 1.165) is 29.8 Å². The van der Waals surface area contributed by atoms with Crippen LogP contribution < -0.4 is 5.32 Å². The Balaban J connectivity index is 1.57. The molecule has 3 heterocycles. The fraction of sp³-hybridized carbons (Fsp3) is 0.375. The molecule has 2 aromatic heterocycles. The van der Waals surface area contributed by atoms with Crippen molar-refractivity contribution in [2.24, 2.45) is 0 Å². The van der Waals surface area contributed by atoms with Gasteiger partial charge in [-0.05, 0) is 44.4 Å². The maximum atomic E-state index is 5.71. The zero-order chi connectivity index (χ0) is 14.2. The van der Waals surface area contributed by atoms with Crippen molar-refractivity contribution < 1.29 is 4.42 Å². The van der Waals surface area contributed by atoms with Gasteiger partial charge in [0.2, 0.25) is 0 Å². The smallest absolute Gasteiger partial charge is 0.296 e. The number of hydrogen-bond acceptors (Lipinski definition) is 4. The number of rotatable bonds is 3. The normalized spacial score (nSPS) is 15.9. The number of nitrogens with one attached hydrogen (secondary N) is 1. The number of aryl methyl sites for hydroxylation is 2. The average molecular weight is 282 g/mol. The van der Waals surface area contributed by atoms with Gasteiger partial charge < -0.3 is 9.73 Å². The Bertz CT molecular complexity index is 717. The fourth-order valence-corrected chi connectivity index (χ4v) is 2.84. The molecule has 0 radical (unpaired) electrons. The number of hydrogen-bond donors (Lipinski definition) is 1. The molecular weight excluding hydrogens is 264 g/mol. The van der Waals surface area contributed by atoms with Crippen LogP contribution in [-0.4, -0.2) is 14.8 Å². The first-order valence-electron chi connectivity index (χ1n) is 7.48. The third-order valence-electron chi connectivity index (χ3n) is 4.01. The second-order valence-corrected chi connectivity index (χ2v) is 5.59. The SMILES string of the molecule is CC(Nc1nc2ccccc2o1)c1cc2n(n1)CCCC2. The Morgan fingerprint density at radius 2 is 2.19 bits per heavy atom. The minimum atomic E-state index is 0.0798. The van der Waals surface area contributed by atoms with E-state index >= 15 is 0 Å². The van der Waals surface area contributed by atoms with Gasteiger partial charge in [-0.3, -0.25) is 4.68 Å². The van der Waals surface area contributed by atoms with E-state index in [2.05, 4.69) is 33.1 Å². The molecule has 0 spiro atoms. The Hall–Kier alpha value is -2.30. The molecule has 0 bridgehead atoms. The predicted molar refractivity (Wildman–Crippen MR) is 81.2 cm³/mol. The van der Waals surface area contributed by atoms with Crippen molar-refractivity contribution >= 4 is 17.1 Å². The second-order valence-electron chi connectivity index (χ2n) is 5.59. The molecule has 0 fully saturated rings. The molecule has 1 atom stereocenters. The van der Waals surface area contributed by atoms with Crippen molar-refractivity contribution in [3.63, 3.8) is 0 Å². The summed E-state index contributed by atoms with van der Waals surface area (Å²) >= 11 is 0. The van der Waals surface area contributed by atoms with Crippen LogP contribution in [-0.2, 0) is 13.0 Å². The highest BCUT2D eigenvalue weighted by Gasteiger charge is 2.17. The lowest BCUT2D eigenvalue weighted by Crippen LogP contribution is -2.12. The topological polar surface area (TPSA) is 55.9 Å². The molecule has 1 aliphatic rings. The molecule has 1 unspecified atom stereocenters. The maximum absolute atomic E-state index is 5.71. The van der Waals surface area contributed by atoms with Gasteiger partial charge in [0.15, 0.2) is 5.58 Å². The van der Waals surface area contributed by atoms with E-state index in [-0.39, 0.29) is 6.04 Å². The molecular formula is C16H18N4O. The molecule has 108 valence electrons. The van der Waals surface area contributed by atoms with Crippen LogP contribution in [0.25, 0.3) is 11.1 Å². The van der Waals surface area contributed by atoms with E-state index in [1.165, 1.54) is 18.5 Å². The number of para-hydroxylation sites is 2. The van der Waals surface area contributed by atoms with Gasteiger partial charge in [0.25, 0.3) is 6.01 Å². The summed E-state index contributed by atoms with van der Waals surface area (Å²) in [5.41, 5.74) is 4.06. The summed E-state index contributed by atoms with van der Waals surface area (Å²) in [5.74, 6) is 0. The number of fused-ring (bicyclic) bond motifs is 2. The van der Waals surface area contributed by atoms with Gasteiger partial charge in [-0.1, -0.05) is 12.1 Å². The third kappa shape index (κ3) is 2.28. The molecule has 3 aromatic rings. The molecule has 0 saturated carbocycles. The first-order valence-corrected chi connectivity index (χ1v) is 7.48. The number of oxazole rings is 1. The van der Waals surface area contributed by atoms with Crippen LogP contribution in [0.4, 0.5) is 6.01 Å². The molecule has 1 aliphatic heterocycles. The van der Waals surface area contributed by atoms with Crippen molar-refractivity contribution in [2.45, 2.75) is 38.8 Å². The number of aromatic nitrogens is 3. The van der Waals surface area contributed by atoms with Crippen molar-refractivity contribution in [1.82, 2.24) is 14.8 Å². The highest BCUT2D eigenvalue weighted by Crippen LogP contribution is 2.24. The molecule has 0 saturated heterocycles. The minimum Gasteiger partial charge on any atom is -0.424 e. The largest absolute Gasteiger partial charge is 0.424 e. The van der Waals surface area contributed by atoms with E-state index < -0.39 is 0 Å². The molecule has 1 aromatic carbocycles. The summed E-state index contributed by atoms with van der Waals surface area (Å²) < 4.78 is 7.83. The minimum absolute atomic E-state index is 0.0798. The Kier molecular flexibility index (Phi) is 2.91. The Morgan fingerprint density at radius 3 is 3.05 bits per heavy atom. The van der Waals surface area contributed by atoms with Crippen molar-refractivity contribution in [3.05, 3.63) is 41.7 Å². The van der Waals surface area contributed by atoms with Crippen LogP contribution in [0.2, 0.25) is 0 Å². The van der Waals surface area contributed by atoms with Gasteiger partial charge in [-0.2, -0.15) is 10.1 Å². The van der Waals surface area contributed by atoms with E-state index in [9.17, 15) is 0 Å². The summed E-state index contributed by atoms with van der Waals surface area (Å²) in [6.07, 6.45) is 3.61. The lowest BCUT2D eigenvalue weighted by atomic mass is 10.1. The average Bonchev–Trinajstić information content (AvgIpc) is 3.10. The van der Waals surface area contributed by atoms with E-state index in [0.29, 0.717) is 6.01 Å². The summed E-state index contributed by atoms with van der Waals surface area (Å²) in [6, 6.07) is 10.6. The fourth-order valence-electron chi connectivity index (χ4n) is 2.84. The predicted octanol–water partition coefficient (Wildman–Crippen LogP) is 3.53. The zero-order valence-corrected chi connectivity index (χ0v) is 12.0. The van der Waals surface area contributed by atoms with Crippen LogP contribution in [0.3, 0.4) is 0 Å². The highest BCUT2D eigenvalue weighted by molar-refractivity contribution is 5.74. The van der Waals surface area contributed by atoms with Crippen molar-refractivity contribution in [1.29, 1.82) is 0 Å². The lowest BCUT2D eigenvalue weighted by Gasteiger charge is -2.12. The van der Waals surface area contributed by atoms with Crippen molar-refractivity contribution in [2.75, 3.05) is 5.32 Å². The molecule has 5 nitrogen and oxygen atoms in total. The lowest BCUT2D eigenvalue weighted by molar-refractivity contribution is 0.481. The van der Waals surface area contributed by atoms with Gasteiger partial charge >= 0.3 is 0 Å². The van der Waals surface area contributed by atoms with Crippen LogP contribution in [0.5, 0.6) is 0 Å². The van der Waals surface area contributed by atoms with Gasteiger partial charge in [0.1, 0.15) is 5.52 Å². The molecule has 5 heteroatoms. The van der Waals surface area contributed by atoms with E-state index in [4.69, 9.17) is 4.42 Å². The molecule has 4 rings (SSSR count). The van der Waals surface area contributed by atoms with E-state index in [1.807, 2.05) is 24.3 Å². The summed E-state index contributed by atoms with van der Waals surface area (Å²) in [5, 5.41) is 7.99.